The average molecular weight is 248 g/mol. The molecule has 1 aliphatic rings. The van der Waals surface area contributed by atoms with E-state index >= 15 is 0 Å². The van der Waals surface area contributed by atoms with Crippen molar-refractivity contribution in [1.29, 1.82) is 0 Å². The Labute approximate surface area is 108 Å². The largest absolute Gasteiger partial charge is 0.468 e. The first kappa shape index (κ1) is 13.1. The van der Waals surface area contributed by atoms with Gasteiger partial charge < -0.3 is 10.5 Å². The van der Waals surface area contributed by atoms with Crippen LogP contribution in [0.2, 0.25) is 0 Å². The number of carbonyl (C=O) groups excluding carboxylic acids is 1. The summed E-state index contributed by atoms with van der Waals surface area (Å²) in [5, 5.41) is 0. The van der Waals surface area contributed by atoms with Gasteiger partial charge in [-0.25, -0.2) is 0 Å². The van der Waals surface area contributed by atoms with Crippen molar-refractivity contribution in [3.8, 4) is 0 Å². The third-order valence-corrected chi connectivity index (χ3v) is 3.71. The predicted octanol–water partition coefficient (Wildman–Crippen LogP) is 1.01. The van der Waals surface area contributed by atoms with Crippen LogP contribution in [0.25, 0.3) is 0 Å². The highest BCUT2D eigenvalue weighted by Crippen LogP contribution is 2.27. The summed E-state index contributed by atoms with van der Waals surface area (Å²) in [6, 6.07) is 10.2. The second-order valence-electron chi connectivity index (χ2n) is 5.09. The molecule has 0 amide bonds. The SMILES string of the molecule is COC(=O)C1(N)CN(Cc2ccccc2)CC1C. The van der Waals surface area contributed by atoms with E-state index < -0.39 is 5.54 Å². The molecular weight excluding hydrogens is 228 g/mol. The van der Waals surface area contributed by atoms with Crippen LogP contribution in [-0.4, -0.2) is 36.6 Å². The van der Waals surface area contributed by atoms with Crippen LogP contribution in [0.3, 0.4) is 0 Å². The Morgan fingerprint density at radius 3 is 2.78 bits per heavy atom. The molecule has 18 heavy (non-hydrogen) atoms. The molecule has 0 saturated carbocycles. The minimum absolute atomic E-state index is 0.105. The fourth-order valence-electron chi connectivity index (χ4n) is 2.56. The maximum atomic E-state index is 11.8. The van der Waals surface area contributed by atoms with Crippen molar-refractivity contribution < 1.29 is 9.53 Å². The van der Waals surface area contributed by atoms with Gasteiger partial charge in [-0.2, -0.15) is 0 Å². The highest BCUT2D eigenvalue weighted by molar-refractivity contribution is 5.81. The van der Waals surface area contributed by atoms with Crippen molar-refractivity contribution >= 4 is 5.97 Å². The molecule has 1 aromatic carbocycles. The van der Waals surface area contributed by atoms with Gasteiger partial charge in [0, 0.05) is 19.6 Å². The van der Waals surface area contributed by atoms with E-state index in [4.69, 9.17) is 10.5 Å². The Morgan fingerprint density at radius 2 is 2.17 bits per heavy atom. The molecular formula is C14H20N2O2. The maximum Gasteiger partial charge on any atom is 0.327 e. The molecule has 0 spiro atoms. The van der Waals surface area contributed by atoms with Gasteiger partial charge in [0.25, 0.3) is 0 Å². The van der Waals surface area contributed by atoms with E-state index in [0.717, 1.165) is 13.1 Å². The Morgan fingerprint density at radius 1 is 1.50 bits per heavy atom. The normalized spacial score (nSPS) is 28.3. The van der Waals surface area contributed by atoms with Crippen LogP contribution in [0, 0.1) is 5.92 Å². The number of esters is 1. The third kappa shape index (κ3) is 2.40. The fourth-order valence-corrected chi connectivity index (χ4v) is 2.56. The van der Waals surface area contributed by atoms with E-state index in [1.165, 1.54) is 12.7 Å². The molecule has 2 unspecified atom stereocenters. The molecule has 1 saturated heterocycles. The molecule has 4 heteroatoms. The lowest BCUT2D eigenvalue weighted by Gasteiger charge is -2.24. The summed E-state index contributed by atoms with van der Waals surface area (Å²) in [6.45, 7) is 4.19. The molecule has 2 atom stereocenters. The van der Waals surface area contributed by atoms with Crippen molar-refractivity contribution in [1.82, 2.24) is 4.90 Å². The standard InChI is InChI=1S/C14H20N2O2/c1-11-8-16(9-12-6-4-3-5-7-12)10-14(11,15)13(17)18-2/h3-7,11H,8-10,15H2,1-2H3. The van der Waals surface area contributed by atoms with Crippen LogP contribution >= 0.6 is 0 Å². The molecule has 1 fully saturated rings. The van der Waals surface area contributed by atoms with Gasteiger partial charge in [0.1, 0.15) is 5.54 Å². The maximum absolute atomic E-state index is 11.8. The molecule has 2 N–H and O–H groups in total. The molecule has 0 radical (unpaired) electrons. The van der Waals surface area contributed by atoms with Gasteiger partial charge in [0.2, 0.25) is 0 Å². The van der Waals surface area contributed by atoms with Crippen molar-refractivity contribution in [2.75, 3.05) is 20.2 Å². The van der Waals surface area contributed by atoms with Crippen molar-refractivity contribution in [2.24, 2.45) is 11.7 Å². The van der Waals surface area contributed by atoms with E-state index in [1.54, 1.807) is 0 Å². The topological polar surface area (TPSA) is 55.6 Å². The zero-order valence-electron chi connectivity index (χ0n) is 10.9. The van der Waals surface area contributed by atoms with Crippen LogP contribution in [0.4, 0.5) is 0 Å². The Balaban J connectivity index is 2.05. The first-order chi connectivity index (χ1) is 8.56. The summed E-state index contributed by atoms with van der Waals surface area (Å²) in [5.41, 5.74) is 6.55. The number of nitrogens with zero attached hydrogens (tertiary/aromatic N) is 1. The second kappa shape index (κ2) is 5.08. The first-order valence-corrected chi connectivity index (χ1v) is 6.20. The van der Waals surface area contributed by atoms with Crippen molar-refractivity contribution in [3.05, 3.63) is 35.9 Å². The van der Waals surface area contributed by atoms with E-state index in [0.29, 0.717) is 6.54 Å². The number of nitrogens with two attached hydrogens (primary N) is 1. The van der Waals surface area contributed by atoms with Crippen LogP contribution in [0.15, 0.2) is 30.3 Å². The minimum Gasteiger partial charge on any atom is -0.468 e. The summed E-state index contributed by atoms with van der Waals surface area (Å²) in [6.07, 6.45) is 0. The lowest BCUT2D eigenvalue weighted by molar-refractivity contribution is -0.147. The highest BCUT2D eigenvalue weighted by atomic mass is 16.5. The van der Waals surface area contributed by atoms with Crippen LogP contribution in [0.5, 0.6) is 0 Å². The highest BCUT2D eigenvalue weighted by Gasteiger charge is 2.47. The van der Waals surface area contributed by atoms with Crippen molar-refractivity contribution in [3.63, 3.8) is 0 Å². The lowest BCUT2D eigenvalue weighted by Crippen LogP contribution is -2.54. The zero-order valence-corrected chi connectivity index (χ0v) is 10.9. The number of carbonyl (C=O) groups is 1. The fraction of sp³-hybridized carbons (Fsp3) is 0.500. The smallest absolute Gasteiger partial charge is 0.327 e. The van der Waals surface area contributed by atoms with E-state index in [-0.39, 0.29) is 11.9 Å². The molecule has 4 nitrogen and oxygen atoms in total. The zero-order chi connectivity index (χ0) is 13.2. The quantitative estimate of drug-likeness (QED) is 0.811. The summed E-state index contributed by atoms with van der Waals surface area (Å²) in [4.78, 5) is 14.0. The molecule has 0 aromatic heterocycles. The van der Waals surface area contributed by atoms with Crippen LogP contribution < -0.4 is 5.73 Å². The summed E-state index contributed by atoms with van der Waals surface area (Å²) >= 11 is 0. The molecule has 98 valence electrons. The molecule has 1 heterocycles. The van der Waals surface area contributed by atoms with Crippen LogP contribution in [-0.2, 0) is 16.1 Å². The van der Waals surface area contributed by atoms with Gasteiger partial charge in [-0.15, -0.1) is 0 Å². The molecule has 1 aromatic rings. The molecule has 1 aliphatic heterocycles. The third-order valence-electron chi connectivity index (χ3n) is 3.71. The number of ether oxygens (including phenoxy) is 1. The van der Waals surface area contributed by atoms with E-state index in [9.17, 15) is 4.79 Å². The van der Waals surface area contributed by atoms with Crippen molar-refractivity contribution in [2.45, 2.75) is 19.0 Å². The lowest BCUT2D eigenvalue weighted by atomic mass is 9.90. The van der Waals surface area contributed by atoms with E-state index in [1.807, 2.05) is 25.1 Å². The van der Waals surface area contributed by atoms with Gasteiger partial charge in [-0.05, 0) is 11.5 Å². The number of hydrogen-bond acceptors (Lipinski definition) is 4. The van der Waals surface area contributed by atoms with Gasteiger partial charge in [0.05, 0.1) is 7.11 Å². The molecule has 0 aliphatic carbocycles. The van der Waals surface area contributed by atoms with Gasteiger partial charge in [-0.3, -0.25) is 9.69 Å². The average Bonchev–Trinajstić information content (AvgIpc) is 2.66. The monoisotopic (exact) mass is 248 g/mol. The van der Waals surface area contributed by atoms with Gasteiger partial charge in [0.15, 0.2) is 0 Å². The summed E-state index contributed by atoms with van der Waals surface area (Å²) in [5.74, 6) is -0.209. The Kier molecular flexibility index (Phi) is 3.68. The number of rotatable bonds is 3. The number of benzene rings is 1. The number of hydrogen-bond donors (Lipinski definition) is 1. The molecule has 2 rings (SSSR count). The van der Waals surface area contributed by atoms with Gasteiger partial charge >= 0.3 is 5.97 Å². The number of methoxy groups -OCH3 is 1. The summed E-state index contributed by atoms with van der Waals surface area (Å²) < 4.78 is 4.82. The van der Waals surface area contributed by atoms with Gasteiger partial charge in [-0.1, -0.05) is 37.3 Å². The van der Waals surface area contributed by atoms with E-state index in [2.05, 4.69) is 17.0 Å². The Bertz CT molecular complexity index is 421. The minimum atomic E-state index is -0.871. The first-order valence-electron chi connectivity index (χ1n) is 6.20. The summed E-state index contributed by atoms with van der Waals surface area (Å²) in [7, 11) is 1.39. The second-order valence-corrected chi connectivity index (χ2v) is 5.09. The molecule has 0 bridgehead atoms. The van der Waals surface area contributed by atoms with Crippen LogP contribution in [0.1, 0.15) is 12.5 Å². The Hall–Kier alpha value is -1.39. The number of likely N-dealkylation sites (tertiary alicyclic amines) is 1. The predicted molar refractivity (Wildman–Crippen MR) is 69.8 cm³/mol.